The van der Waals surface area contributed by atoms with Gasteiger partial charge in [-0.2, -0.15) is 0 Å². The molecule has 2 aliphatic heterocycles. The molecule has 0 unspecified atom stereocenters. The van der Waals surface area contributed by atoms with Crippen molar-refractivity contribution in [2.45, 2.75) is 25.5 Å². The molecule has 8 nitrogen and oxygen atoms in total. The van der Waals surface area contributed by atoms with Crippen molar-refractivity contribution in [1.29, 1.82) is 0 Å². The van der Waals surface area contributed by atoms with E-state index in [1.165, 1.54) is 11.8 Å². The van der Waals surface area contributed by atoms with Crippen LogP contribution in [0.5, 0.6) is 11.5 Å². The maximum Gasteiger partial charge on any atom is 0.289 e. The van der Waals surface area contributed by atoms with Crippen LogP contribution < -0.4 is 9.47 Å². The third-order valence-corrected chi connectivity index (χ3v) is 7.29. The summed E-state index contributed by atoms with van der Waals surface area (Å²) in [6, 6.07) is 19.3. The highest BCUT2D eigenvalue weighted by Crippen LogP contribution is 2.22. The van der Waals surface area contributed by atoms with Crippen molar-refractivity contribution >= 4 is 17.9 Å². The van der Waals surface area contributed by atoms with Gasteiger partial charge in [0.25, 0.3) is 5.91 Å². The highest BCUT2D eigenvalue weighted by Gasteiger charge is 2.25. The van der Waals surface area contributed by atoms with E-state index in [4.69, 9.17) is 13.9 Å². The van der Waals surface area contributed by atoms with Gasteiger partial charge in [-0.3, -0.25) is 14.5 Å². The number of carbonyl (C=O) groups is 2. The SMILES string of the molecule is COc1ccc(C=CC(=O)N2CCC(Oc3cccc(CN4CCN(C(=O)c5ccco5)CC4)c3)CC2)cc1. The van der Waals surface area contributed by atoms with E-state index >= 15 is 0 Å². The van der Waals surface area contributed by atoms with E-state index in [9.17, 15) is 9.59 Å². The average molecular weight is 530 g/mol. The largest absolute Gasteiger partial charge is 0.497 e. The number of rotatable bonds is 8. The molecule has 0 spiro atoms. The normalized spacial score (nSPS) is 16.9. The summed E-state index contributed by atoms with van der Waals surface area (Å²) in [6.07, 6.45) is 6.71. The van der Waals surface area contributed by atoms with E-state index in [0.717, 1.165) is 49.5 Å². The van der Waals surface area contributed by atoms with Crippen LogP contribution in [-0.4, -0.2) is 79.0 Å². The fraction of sp³-hybridized carbons (Fsp3) is 0.355. The number of ether oxygens (including phenoxy) is 2. The van der Waals surface area contributed by atoms with Gasteiger partial charge in [0.2, 0.25) is 5.91 Å². The fourth-order valence-corrected chi connectivity index (χ4v) is 5.01. The highest BCUT2D eigenvalue weighted by atomic mass is 16.5. The number of methoxy groups -OCH3 is 1. The second-order valence-electron chi connectivity index (χ2n) is 9.94. The summed E-state index contributed by atoms with van der Waals surface area (Å²) >= 11 is 0. The first kappa shape index (κ1) is 26.6. The van der Waals surface area contributed by atoms with Crippen molar-refractivity contribution in [2.24, 2.45) is 0 Å². The molecule has 0 saturated carbocycles. The van der Waals surface area contributed by atoms with Gasteiger partial charge in [-0.15, -0.1) is 0 Å². The van der Waals surface area contributed by atoms with Crippen LogP contribution in [0.3, 0.4) is 0 Å². The molecule has 3 aromatic rings. The summed E-state index contributed by atoms with van der Waals surface area (Å²) in [4.78, 5) is 31.2. The lowest BCUT2D eigenvalue weighted by Crippen LogP contribution is -2.48. The number of nitrogens with zero attached hydrogens (tertiary/aromatic N) is 3. The molecule has 2 aromatic carbocycles. The van der Waals surface area contributed by atoms with Gasteiger partial charge in [-0.05, 0) is 53.6 Å². The zero-order chi connectivity index (χ0) is 27.0. The highest BCUT2D eigenvalue weighted by molar-refractivity contribution is 5.92. The molecule has 8 heteroatoms. The molecule has 0 N–H and O–H groups in total. The number of piperazine rings is 1. The van der Waals surface area contributed by atoms with Gasteiger partial charge in [0, 0.05) is 64.7 Å². The lowest BCUT2D eigenvalue weighted by atomic mass is 10.1. The zero-order valence-electron chi connectivity index (χ0n) is 22.3. The van der Waals surface area contributed by atoms with Crippen molar-refractivity contribution in [3.63, 3.8) is 0 Å². The summed E-state index contributed by atoms with van der Waals surface area (Å²) in [5.41, 5.74) is 2.15. The molecular weight excluding hydrogens is 494 g/mol. The van der Waals surface area contributed by atoms with E-state index in [2.05, 4.69) is 17.0 Å². The molecular formula is C31H35N3O5. The Morgan fingerprint density at radius 1 is 0.897 bits per heavy atom. The molecule has 3 heterocycles. The van der Waals surface area contributed by atoms with Crippen molar-refractivity contribution in [3.05, 3.63) is 89.9 Å². The molecule has 2 saturated heterocycles. The Kier molecular flexibility index (Phi) is 8.63. The number of amides is 2. The number of piperidine rings is 1. The van der Waals surface area contributed by atoms with Crippen molar-refractivity contribution in [1.82, 2.24) is 14.7 Å². The molecule has 5 rings (SSSR count). The summed E-state index contributed by atoms with van der Waals surface area (Å²) < 4.78 is 16.7. The van der Waals surface area contributed by atoms with Gasteiger partial charge < -0.3 is 23.7 Å². The van der Waals surface area contributed by atoms with Crippen LogP contribution in [0.2, 0.25) is 0 Å². The Balaban J connectivity index is 1.06. The van der Waals surface area contributed by atoms with Crippen LogP contribution in [0, 0.1) is 0 Å². The van der Waals surface area contributed by atoms with Crippen LogP contribution in [0.15, 0.2) is 77.4 Å². The van der Waals surface area contributed by atoms with Crippen LogP contribution in [0.1, 0.15) is 34.5 Å². The van der Waals surface area contributed by atoms with Crippen LogP contribution in [0.4, 0.5) is 0 Å². The molecule has 204 valence electrons. The Labute approximate surface area is 229 Å². The smallest absolute Gasteiger partial charge is 0.289 e. The van der Waals surface area contributed by atoms with Gasteiger partial charge in [-0.1, -0.05) is 24.3 Å². The number of furan rings is 1. The van der Waals surface area contributed by atoms with Gasteiger partial charge in [0.05, 0.1) is 13.4 Å². The van der Waals surface area contributed by atoms with Gasteiger partial charge in [0.15, 0.2) is 5.76 Å². The fourth-order valence-electron chi connectivity index (χ4n) is 5.01. The minimum atomic E-state index is -0.0453. The van der Waals surface area contributed by atoms with Crippen molar-refractivity contribution < 1.29 is 23.5 Å². The number of hydrogen-bond acceptors (Lipinski definition) is 6. The first-order valence-corrected chi connectivity index (χ1v) is 13.5. The summed E-state index contributed by atoms with van der Waals surface area (Å²) in [7, 11) is 1.64. The minimum Gasteiger partial charge on any atom is -0.497 e. The molecule has 0 aliphatic carbocycles. The summed E-state index contributed by atoms with van der Waals surface area (Å²) in [5, 5.41) is 0. The lowest BCUT2D eigenvalue weighted by molar-refractivity contribution is -0.127. The third kappa shape index (κ3) is 7.09. The standard InChI is InChI=1S/C31H35N3O5/c1-37-26-10-7-24(8-11-26)9-12-30(35)33-15-13-27(14-16-33)39-28-5-2-4-25(22-28)23-32-17-19-34(20-18-32)31(36)29-6-3-21-38-29/h2-12,21-22,27H,13-20,23H2,1H3. The number of likely N-dealkylation sites (tertiary alicyclic amines) is 1. The Bertz CT molecular complexity index is 1260. The van der Waals surface area contributed by atoms with E-state index in [0.29, 0.717) is 31.9 Å². The number of benzene rings is 2. The molecule has 0 bridgehead atoms. The first-order valence-electron chi connectivity index (χ1n) is 13.5. The number of carbonyl (C=O) groups excluding carboxylic acids is 2. The first-order chi connectivity index (χ1) is 19.1. The maximum absolute atomic E-state index is 12.7. The van der Waals surface area contributed by atoms with Crippen LogP contribution in [0.25, 0.3) is 6.08 Å². The van der Waals surface area contributed by atoms with Gasteiger partial charge in [-0.25, -0.2) is 0 Å². The average Bonchev–Trinajstić information content (AvgIpc) is 3.52. The monoisotopic (exact) mass is 529 g/mol. The molecule has 0 radical (unpaired) electrons. The topological polar surface area (TPSA) is 75.5 Å². The lowest BCUT2D eigenvalue weighted by Gasteiger charge is -2.34. The van der Waals surface area contributed by atoms with Crippen molar-refractivity contribution in [3.8, 4) is 11.5 Å². The third-order valence-electron chi connectivity index (χ3n) is 7.29. The van der Waals surface area contributed by atoms with E-state index in [1.807, 2.05) is 52.3 Å². The van der Waals surface area contributed by atoms with Gasteiger partial charge >= 0.3 is 0 Å². The second-order valence-corrected chi connectivity index (χ2v) is 9.94. The Hall–Kier alpha value is -4.04. The quantitative estimate of drug-likeness (QED) is 0.405. The molecule has 2 aliphatic rings. The molecule has 0 atom stereocenters. The predicted molar refractivity (Wildman–Crippen MR) is 149 cm³/mol. The number of hydrogen-bond donors (Lipinski definition) is 0. The van der Waals surface area contributed by atoms with Crippen molar-refractivity contribution in [2.75, 3.05) is 46.4 Å². The second kappa shape index (κ2) is 12.7. The van der Waals surface area contributed by atoms with E-state index in [-0.39, 0.29) is 17.9 Å². The Morgan fingerprint density at radius 3 is 2.36 bits per heavy atom. The molecule has 1 aromatic heterocycles. The molecule has 2 fully saturated rings. The molecule has 2 amide bonds. The van der Waals surface area contributed by atoms with Crippen LogP contribution in [-0.2, 0) is 11.3 Å². The predicted octanol–water partition coefficient (Wildman–Crippen LogP) is 4.33. The van der Waals surface area contributed by atoms with Gasteiger partial charge in [0.1, 0.15) is 17.6 Å². The summed E-state index contributed by atoms with van der Waals surface area (Å²) in [5.74, 6) is 2.04. The Morgan fingerprint density at radius 2 is 1.67 bits per heavy atom. The van der Waals surface area contributed by atoms with Crippen LogP contribution >= 0.6 is 0 Å². The zero-order valence-corrected chi connectivity index (χ0v) is 22.3. The molecule has 39 heavy (non-hydrogen) atoms. The summed E-state index contributed by atoms with van der Waals surface area (Å²) in [6.45, 7) is 5.17. The minimum absolute atomic E-state index is 0.0252. The maximum atomic E-state index is 12.7. The van der Waals surface area contributed by atoms with E-state index in [1.54, 1.807) is 25.3 Å². The van der Waals surface area contributed by atoms with E-state index < -0.39 is 0 Å².